The monoisotopic (exact) mass is 291 g/mol. The van der Waals surface area contributed by atoms with Crippen LogP contribution in [0, 0.1) is 5.82 Å². The van der Waals surface area contributed by atoms with Gasteiger partial charge in [-0.25, -0.2) is 4.39 Å². The van der Waals surface area contributed by atoms with Gasteiger partial charge in [0.25, 0.3) is 0 Å². The summed E-state index contributed by atoms with van der Waals surface area (Å²) in [6.07, 6.45) is 0.0525. The third-order valence-electron chi connectivity index (χ3n) is 3.04. The Morgan fingerprint density at radius 3 is 2.35 bits per heavy atom. The molecule has 0 bridgehead atoms. The van der Waals surface area contributed by atoms with Crippen LogP contribution >= 0.6 is 11.8 Å². The number of hydrogen-bond acceptors (Lipinski definition) is 3. The Balaban J connectivity index is 1.82. The standard InChI is InChI=1S/C16H18FNOS/c17-13-6-8-14(9-7-13)20-11-16(19)15(18)10-12-4-2-1-3-5-12/h1-9,15-16,19H,10-11,18H2. The summed E-state index contributed by atoms with van der Waals surface area (Å²) in [7, 11) is 0. The fraction of sp³-hybridized carbons (Fsp3) is 0.250. The highest BCUT2D eigenvalue weighted by Crippen LogP contribution is 2.20. The molecule has 3 N–H and O–H groups in total. The van der Waals surface area contributed by atoms with Crippen molar-refractivity contribution in [3.8, 4) is 0 Å². The molecule has 2 atom stereocenters. The van der Waals surface area contributed by atoms with Crippen LogP contribution in [0.3, 0.4) is 0 Å². The van der Waals surface area contributed by atoms with Crippen molar-refractivity contribution in [3.63, 3.8) is 0 Å². The molecule has 2 nitrogen and oxygen atoms in total. The molecule has 4 heteroatoms. The number of nitrogens with two attached hydrogens (primary N) is 1. The average molecular weight is 291 g/mol. The van der Waals surface area contributed by atoms with E-state index in [0.717, 1.165) is 10.5 Å². The van der Waals surface area contributed by atoms with Crippen molar-refractivity contribution in [1.82, 2.24) is 0 Å². The predicted molar refractivity (Wildman–Crippen MR) is 81.3 cm³/mol. The maximum absolute atomic E-state index is 12.8. The van der Waals surface area contributed by atoms with E-state index >= 15 is 0 Å². The number of rotatable bonds is 6. The summed E-state index contributed by atoms with van der Waals surface area (Å²) in [6, 6.07) is 15.8. The molecule has 0 saturated heterocycles. The third-order valence-corrected chi connectivity index (χ3v) is 4.16. The third kappa shape index (κ3) is 4.63. The van der Waals surface area contributed by atoms with Crippen LogP contribution in [0.1, 0.15) is 5.56 Å². The molecular formula is C16H18FNOS. The van der Waals surface area contributed by atoms with Crippen LogP contribution in [0.5, 0.6) is 0 Å². The minimum Gasteiger partial charge on any atom is -0.391 e. The first-order chi connectivity index (χ1) is 9.65. The van der Waals surface area contributed by atoms with E-state index in [4.69, 9.17) is 5.73 Å². The van der Waals surface area contributed by atoms with E-state index in [2.05, 4.69) is 0 Å². The number of aliphatic hydroxyl groups excluding tert-OH is 1. The van der Waals surface area contributed by atoms with E-state index in [1.54, 1.807) is 12.1 Å². The molecule has 0 aliphatic heterocycles. The molecule has 0 aliphatic rings. The van der Waals surface area contributed by atoms with E-state index in [0.29, 0.717) is 12.2 Å². The van der Waals surface area contributed by atoms with Crippen molar-refractivity contribution in [3.05, 3.63) is 66.0 Å². The number of benzene rings is 2. The first-order valence-corrected chi connectivity index (χ1v) is 7.49. The molecule has 0 amide bonds. The summed E-state index contributed by atoms with van der Waals surface area (Å²) < 4.78 is 12.8. The maximum atomic E-state index is 12.8. The minimum atomic E-state index is -0.592. The van der Waals surface area contributed by atoms with Crippen molar-refractivity contribution in [2.24, 2.45) is 5.73 Å². The van der Waals surface area contributed by atoms with E-state index < -0.39 is 6.10 Å². The highest BCUT2D eigenvalue weighted by atomic mass is 32.2. The first kappa shape index (κ1) is 15.0. The summed E-state index contributed by atoms with van der Waals surface area (Å²) in [5.74, 6) is 0.246. The van der Waals surface area contributed by atoms with E-state index in [1.165, 1.54) is 23.9 Å². The van der Waals surface area contributed by atoms with E-state index in [9.17, 15) is 9.50 Å². The Kier molecular flexibility index (Phi) is 5.59. The van der Waals surface area contributed by atoms with Crippen LogP contribution < -0.4 is 5.73 Å². The Labute approximate surface area is 122 Å². The molecule has 106 valence electrons. The van der Waals surface area contributed by atoms with Gasteiger partial charge in [-0.3, -0.25) is 0 Å². The zero-order valence-electron chi connectivity index (χ0n) is 11.1. The van der Waals surface area contributed by atoms with Gasteiger partial charge in [0, 0.05) is 16.7 Å². The van der Waals surface area contributed by atoms with Crippen molar-refractivity contribution >= 4 is 11.8 Å². The number of thioether (sulfide) groups is 1. The predicted octanol–water partition coefficient (Wildman–Crippen LogP) is 2.85. The van der Waals surface area contributed by atoms with Gasteiger partial charge in [0.05, 0.1) is 6.10 Å². The minimum absolute atomic E-state index is 0.254. The normalized spacial score (nSPS) is 13.9. The highest BCUT2D eigenvalue weighted by molar-refractivity contribution is 7.99. The molecule has 2 rings (SSSR count). The summed E-state index contributed by atoms with van der Waals surface area (Å²) in [4.78, 5) is 0.928. The quantitative estimate of drug-likeness (QED) is 0.805. The van der Waals surface area contributed by atoms with Gasteiger partial charge >= 0.3 is 0 Å². The van der Waals surface area contributed by atoms with Crippen molar-refractivity contribution < 1.29 is 9.50 Å². The Morgan fingerprint density at radius 2 is 1.70 bits per heavy atom. The summed E-state index contributed by atoms with van der Waals surface area (Å²) in [5, 5.41) is 10.1. The molecule has 20 heavy (non-hydrogen) atoms. The molecule has 0 spiro atoms. The van der Waals surface area contributed by atoms with Crippen LogP contribution in [0.25, 0.3) is 0 Å². The Morgan fingerprint density at radius 1 is 1.05 bits per heavy atom. The van der Waals surface area contributed by atoms with Gasteiger partial charge in [-0.2, -0.15) is 0 Å². The van der Waals surface area contributed by atoms with Gasteiger partial charge in [-0.05, 0) is 36.2 Å². The molecular weight excluding hydrogens is 273 g/mol. The lowest BCUT2D eigenvalue weighted by Gasteiger charge is -2.18. The summed E-state index contributed by atoms with van der Waals surface area (Å²) in [6.45, 7) is 0. The van der Waals surface area contributed by atoms with E-state index in [1.807, 2.05) is 30.3 Å². The van der Waals surface area contributed by atoms with Crippen LogP contribution in [0.15, 0.2) is 59.5 Å². The molecule has 0 saturated carbocycles. The Hall–Kier alpha value is -1.36. The molecule has 0 aliphatic carbocycles. The van der Waals surface area contributed by atoms with Crippen molar-refractivity contribution in [1.29, 1.82) is 0 Å². The number of halogens is 1. The van der Waals surface area contributed by atoms with Gasteiger partial charge in [0.15, 0.2) is 0 Å². The van der Waals surface area contributed by atoms with Gasteiger partial charge in [0.2, 0.25) is 0 Å². The largest absolute Gasteiger partial charge is 0.391 e. The van der Waals surface area contributed by atoms with Crippen molar-refractivity contribution in [2.75, 3.05) is 5.75 Å². The summed E-state index contributed by atoms with van der Waals surface area (Å²) in [5.41, 5.74) is 7.13. The van der Waals surface area contributed by atoms with Crippen LogP contribution in [0.2, 0.25) is 0 Å². The summed E-state index contributed by atoms with van der Waals surface area (Å²) >= 11 is 1.48. The Bertz CT molecular complexity index is 518. The zero-order chi connectivity index (χ0) is 14.4. The smallest absolute Gasteiger partial charge is 0.123 e. The SMILES string of the molecule is NC(Cc1ccccc1)C(O)CSc1ccc(F)cc1. The first-order valence-electron chi connectivity index (χ1n) is 6.51. The molecule has 2 unspecified atom stereocenters. The lowest BCUT2D eigenvalue weighted by atomic mass is 10.0. The van der Waals surface area contributed by atoms with Crippen LogP contribution in [-0.2, 0) is 6.42 Å². The van der Waals surface area contributed by atoms with Crippen LogP contribution in [0.4, 0.5) is 4.39 Å². The second-order valence-corrected chi connectivity index (χ2v) is 5.78. The molecule has 0 fully saturated rings. The lowest BCUT2D eigenvalue weighted by molar-refractivity contribution is 0.167. The van der Waals surface area contributed by atoms with Crippen molar-refractivity contribution in [2.45, 2.75) is 23.5 Å². The average Bonchev–Trinajstić information content (AvgIpc) is 2.47. The molecule has 0 radical (unpaired) electrons. The maximum Gasteiger partial charge on any atom is 0.123 e. The molecule has 0 heterocycles. The van der Waals surface area contributed by atoms with Gasteiger partial charge in [-0.1, -0.05) is 30.3 Å². The molecule has 2 aromatic rings. The number of aliphatic hydroxyl groups is 1. The zero-order valence-corrected chi connectivity index (χ0v) is 11.9. The van der Waals surface area contributed by atoms with Crippen LogP contribution in [-0.4, -0.2) is 23.0 Å². The van der Waals surface area contributed by atoms with E-state index in [-0.39, 0.29) is 11.9 Å². The lowest BCUT2D eigenvalue weighted by Crippen LogP contribution is -2.38. The topological polar surface area (TPSA) is 46.2 Å². The molecule has 2 aromatic carbocycles. The van der Waals surface area contributed by atoms with Gasteiger partial charge in [0.1, 0.15) is 5.82 Å². The number of hydrogen-bond donors (Lipinski definition) is 2. The fourth-order valence-corrected chi connectivity index (χ4v) is 2.80. The molecule has 0 aromatic heterocycles. The van der Waals surface area contributed by atoms with Gasteiger partial charge < -0.3 is 10.8 Å². The fourth-order valence-electron chi connectivity index (χ4n) is 1.86. The van der Waals surface area contributed by atoms with Gasteiger partial charge in [-0.15, -0.1) is 11.8 Å². The second-order valence-electron chi connectivity index (χ2n) is 4.69. The highest BCUT2D eigenvalue weighted by Gasteiger charge is 2.15. The second kappa shape index (κ2) is 7.43.